The van der Waals surface area contributed by atoms with Gasteiger partial charge in [0.15, 0.2) is 0 Å². The van der Waals surface area contributed by atoms with Crippen molar-refractivity contribution >= 4 is 13.1 Å². The Kier molecular flexibility index (Phi) is 8.40. The van der Waals surface area contributed by atoms with E-state index in [9.17, 15) is 23.1 Å². The Labute approximate surface area is 197 Å². The van der Waals surface area contributed by atoms with Crippen LogP contribution in [-0.4, -0.2) is 39.8 Å². The number of alkyl halides is 3. The molecule has 1 aliphatic carbocycles. The number of carboxylic acid groups (broad SMARTS) is 1. The molecule has 1 atom stereocenters. The van der Waals surface area contributed by atoms with Crippen molar-refractivity contribution < 1.29 is 33.1 Å². The average Bonchev–Trinajstić information content (AvgIpc) is 2.75. The van der Waals surface area contributed by atoms with Gasteiger partial charge in [0.2, 0.25) is 0 Å². The number of nitrogens with one attached hydrogen (secondary N) is 1. The first-order chi connectivity index (χ1) is 16.0. The van der Waals surface area contributed by atoms with Crippen LogP contribution in [0.2, 0.25) is 6.32 Å². The molecule has 10 heteroatoms. The molecule has 1 unspecified atom stereocenters. The first-order valence-electron chi connectivity index (χ1n) is 11.4. The van der Waals surface area contributed by atoms with Crippen LogP contribution in [0.5, 0.6) is 0 Å². The molecule has 0 radical (unpaired) electrons. The number of hydrogen-bond donors (Lipinski definition) is 5. The fraction of sp³-hybridized carbons (Fsp3) is 0.458. The van der Waals surface area contributed by atoms with E-state index in [-0.39, 0.29) is 24.7 Å². The lowest BCUT2D eigenvalue weighted by atomic mass is 9.66. The molecule has 0 saturated heterocycles. The standard InChI is InChI=1S/C24H30BF3N2O4/c26-24(27,28)19-8-6-17(7-9-19)18-5-3-4-16(12-18)15-30-21-13-20(14-21)23(29,22(31)32)10-1-2-11-25(33)34/h3-9,12,20-21,30,33-34H,1-2,10-11,13-15,29H2,(H,31,32). The Balaban J connectivity index is 1.52. The zero-order valence-electron chi connectivity index (χ0n) is 18.8. The number of halogens is 3. The Morgan fingerprint density at radius 3 is 2.32 bits per heavy atom. The van der Waals surface area contributed by atoms with Crippen molar-refractivity contribution in [3.05, 3.63) is 59.7 Å². The fourth-order valence-electron chi connectivity index (χ4n) is 4.41. The van der Waals surface area contributed by atoms with Crippen molar-refractivity contribution in [2.24, 2.45) is 11.7 Å². The minimum absolute atomic E-state index is 0.126. The van der Waals surface area contributed by atoms with E-state index in [2.05, 4.69) is 5.32 Å². The number of benzene rings is 2. The highest BCUT2D eigenvalue weighted by molar-refractivity contribution is 6.40. The second-order valence-corrected chi connectivity index (χ2v) is 9.09. The summed E-state index contributed by atoms with van der Waals surface area (Å²) in [5.74, 6) is -1.20. The number of rotatable bonds is 11. The number of carboxylic acids is 1. The molecule has 0 aliphatic heterocycles. The first kappa shape index (κ1) is 26.2. The van der Waals surface area contributed by atoms with Gasteiger partial charge in [0.25, 0.3) is 0 Å². The highest BCUT2D eigenvalue weighted by atomic mass is 19.4. The summed E-state index contributed by atoms with van der Waals surface area (Å²) in [5.41, 5.74) is 6.70. The minimum Gasteiger partial charge on any atom is -0.480 e. The molecule has 1 aliphatic rings. The van der Waals surface area contributed by atoms with Crippen LogP contribution < -0.4 is 11.1 Å². The highest BCUT2D eigenvalue weighted by Crippen LogP contribution is 2.38. The van der Waals surface area contributed by atoms with Crippen LogP contribution in [0.15, 0.2) is 48.5 Å². The van der Waals surface area contributed by atoms with Crippen molar-refractivity contribution in [2.45, 2.75) is 62.7 Å². The molecular weight excluding hydrogens is 448 g/mol. The molecule has 2 aromatic carbocycles. The van der Waals surface area contributed by atoms with Gasteiger partial charge in [-0.1, -0.05) is 43.2 Å². The van der Waals surface area contributed by atoms with E-state index < -0.39 is 30.4 Å². The molecule has 6 N–H and O–H groups in total. The molecular formula is C24H30BF3N2O4. The predicted octanol–water partition coefficient (Wildman–Crippen LogP) is 3.67. The van der Waals surface area contributed by atoms with Crippen LogP contribution in [-0.2, 0) is 17.5 Å². The van der Waals surface area contributed by atoms with Gasteiger partial charge in [-0.05, 0) is 66.4 Å². The SMILES string of the molecule is NC(CCCCB(O)O)(C(=O)O)C1CC(NCc2cccc(-c3ccc(C(F)(F)F)cc3)c2)C1. The molecule has 1 fully saturated rings. The molecule has 6 nitrogen and oxygen atoms in total. The van der Waals surface area contributed by atoms with Gasteiger partial charge < -0.3 is 26.2 Å². The van der Waals surface area contributed by atoms with Gasteiger partial charge in [0.1, 0.15) is 5.54 Å². The van der Waals surface area contributed by atoms with Gasteiger partial charge in [0, 0.05) is 12.6 Å². The first-order valence-corrected chi connectivity index (χ1v) is 11.4. The number of hydrogen-bond acceptors (Lipinski definition) is 5. The molecule has 3 rings (SSSR count). The second kappa shape index (κ2) is 10.9. The van der Waals surface area contributed by atoms with Crippen molar-refractivity contribution in [3.63, 3.8) is 0 Å². The topological polar surface area (TPSA) is 116 Å². The van der Waals surface area contributed by atoms with Crippen LogP contribution in [0.1, 0.15) is 43.2 Å². The van der Waals surface area contributed by atoms with Crippen LogP contribution >= 0.6 is 0 Å². The van der Waals surface area contributed by atoms with E-state index >= 15 is 0 Å². The third kappa shape index (κ3) is 6.60. The van der Waals surface area contributed by atoms with Crippen LogP contribution in [0.25, 0.3) is 11.1 Å². The zero-order chi connectivity index (χ0) is 24.9. The van der Waals surface area contributed by atoms with Crippen molar-refractivity contribution in [2.75, 3.05) is 0 Å². The van der Waals surface area contributed by atoms with Crippen LogP contribution in [0.3, 0.4) is 0 Å². The second-order valence-electron chi connectivity index (χ2n) is 9.09. The van der Waals surface area contributed by atoms with Gasteiger partial charge in [-0.15, -0.1) is 0 Å². The fourth-order valence-corrected chi connectivity index (χ4v) is 4.41. The summed E-state index contributed by atoms with van der Waals surface area (Å²) in [6.45, 7) is 0.547. The predicted molar refractivity (Wildman–Crippen MR) is 124 cm³/mol. The van der Waals surface area contributed by atoms with Gasteiger partial charge >= 0.3 is 19.3 Å². The third-order valence-corrected chi connectivity index (χ3v) is 6.63. The smallest absolute Gasteiger partial charge is 0.451 e. The molecule has 0 aromatic heterocycles. The Morgan fingerprint density at radius 2 is 1.74 bits per heavy atom. The Hall–Kier alpha value is -2.40. The van der Waals surface area contributed by atoms with Crippen molar-refractivity contribution in [1.29, 1.82) is 0 Å². The normalized spacial score (nSPS) is 19.8. The molecule has 2 aromatic rings. The molecule has 0 amide bonds. The lowest BCUT2D eigenvalue weighted by Crippen LogP contribution is -2.61. The summed E-state index contributed by atoms with van der Waals surface area (Å²) >= 11 is 0. The van der Waals surface area contributed by atoms with E-state index in [1.54, 1.807) is 0 Å². The lowest BCUT2D eigenvalue weighted by Gasteiger charge is -2.45. The third-order valence-electron chi connectivity index (χ3n) is 6.63. The van der Waals surface area contributed by atoms with E-state index in [1.165, 1.54) is 12.1 Å². The Bertz CT molecular complexity index is 965. The molecule has 34 heavy (non-hydrogen) atoms. The minimum atomic E-state index is -4.37. The summed E-state index contributed by atoms with van der Waals surface area (Å²) in [6.07, 6.45) is -1.64. The largest absolute Gasteiger partial charge is 0.480 e. The summed E-state index contributed by atoms with van der Waals surface area (Å²) in [5, 5.41) is 30.9. The summed E-state index contributed by atoms with van der Waals surface area (Å²) in [6, 6.07) is 12.7. The van der Waals surface area contributed by atoms with E-state index in [0.29, 0.717) is 37.8 Å². The number of nitrogens with two attached hydrogens (primary N) is 1. The van der Waals surface area contributed by atoms with Gasteiger partial charge in [-0.25, -0.2) is 0 Å². The van der Waals surface area contributed by atoms with Crippen molar-refractivity contribution in [3.8, 4) is 11.1 Å². The maximum atomic E-state index is 12.8. The van der Waals surface area contributed by atoms with Crippen LogP contribution in [0, 0.1) is 5.92 Å². The molecule has 0 bridgehead atoms. The van der Waals surface area contributed by atoms with Gasteiger partial charge in [0.05, 0.1) is 5.56 Å². The molecule has 0 spiro atoms. The monoisotopic (exact) mass is 478 g/mol. The molecule has 184 valence electrons. The maximum Gasteiger partial charge on any atom is 0.451 e. The summed E-state index contributed by atoms with van der Waals surface area (Å²) in [7, 11) is -1.40. The van der Waals surface area contributed by atoms with Gasteiger partial charge in [-0.3, -0.25) is 4.79 Å². The summed E-state index contributed by atoms with van der Waals surface area (Å²) < 4.78 is 38.4. The quantitative estimate of drug-likeness (QED) is 0.249. The molecule has 0 heterocycles. The summed E-state index contributed by atoms with van der Waals surface area (Å²) in [4.78, 5) is 11.8. The number of aliphatic carboxylic acids is 1. The van der Waals surface area contributed by atoms with Crippen LogP contribution in [0.4, 0.5) is 13.2 Å². The zero-order valence-corrected chi connectivity index (χ0v) is 18.8. The van der Waals surface area contributed by atoms with Crippen molar-refractivity contribution in [1.82, 2.24) is 5.32 Å². The van der Waals surface area contributed by atoms with E-state index in [4.69, 9.17) is 15.8 Å². The van der Waals surface area contributed by atoms with E-state index in [0.717, 1.165) is 23.3 Å². The maximum absolute atomic E-state index is 12.8. The van der Waals surface area contributed by atoms with Gasteiger partial charge in [-0.2, -0.15) is 13.2 Å². The number of carbonyl (C=O) groups is 1. The van der Waals surface area contributed by atoms with E-state index in [1.807, 2.05) is 24.3 Å². The Morgan fingerprint density at radius 1 is 1.06 bits per heavy atom. The lowest BCUT2D eigenvalue weighted by molar-refractivity contribution is -0.148. The number of unbranched alkanes of at least 4 members (excludes halogenated alkanes) is 1. The molecule has 1 saturated carbocycles. The average molecular weight is 478 g/mol. The highest BCUT2D eigenvalue weighted by Gasteiger charge is 2.48.